The van der Waals surface area contributed by atoms with Gasteiger partial charge in [0, 0.05) is 35.8 Å². The summed E-state index contributed by atoms with van der Waals surface area (Å²) in [5, 5.41) is 16.1. The third kappa shape index (κ3) is 6.57. The van der Waals surface area contributed by atoms with Crippen LogP contribution in [0, 0.1) is 5.92 Å². The molecule has 0 radical (unpaired) electrons. The maximum atomic E-state index is 14.8. The highest BCUT2D eigenvalue weighted by molar-refractivity contribution is 6.71. The van der Waals surface area contributed by atoms with Crippen LogP contribution < -0.4 is 15.5 Å². The molecule has 0 unspecified atom stereocenters. The highest BCUT2D eigenvalue weighted by Crippen LogP contribution is 2.60. The molecule has 3 amide bonds. The van der Waals surface area contributed by atoms with Gasteiger partial charge in [-0.1, -0.05) is 67.6 Å². The zero-order valence-electron chi connectivity index (χ0n) is 27.9. The normalized spacial score (nSPS) is 25.0. The van der Waals surface area contributed by atoms with Crippen LogP contribution in [0.25, 0.3) is 0 Å². The molecule has 3 aromatic rings. The van der Waals surface area contributed by atoms with E-state index >= 15 is 0 Å². The molecule has 4 N–H and O–H groups in total. The molecule has 3 aliphatic rings. The molecule has 48 heavy (non-hydrogen) atoms. The Hall–Kier alpha value is -3.87. The molecule has 2 saturated heterocycles. The van der Waals surface area contributed by atoms with E-state index in [-0.39, 0.29) is 43.3 Å². The molecule has 0 saturated carbocycles. The van der Waals surface area contributed by atoms with Crippen molar-refractivity contribution in [2.45, 2.75) is 75.7 Å². The van der Waals surface area contributed by atoms with Crippen molar-refractivity contribution in [1.29, 1.82) is 0 Å². The summed E-state index contributed by atoms with van der Waals surface area (Å²) >= 11 is 0. The first-order valence-electron chi connectivity index (χ1n) is 16.9. The largest absolute Gasteiger partial charge is 0.432 e. The van der Waals surface area contributed by atoms with Crippen LogP contribution in [0.4, 0.5) is 11.4 Å². The average Bonchev–Trinajstić information content (AvgIpc) is 3.76. The molecule has 2 fully saturated rings. The monoisotopic (exact) mass is 670 g/mol. The number of ether oxygens (including phenoxy) is 1. The fourth-order valence-electron chi connectivity index (χ4n) is 7.93. The molecule has 3 heterocycles. The number of amides is 3. The Morgan fingerprint density at radius 3 is 2.38 bits per heavy atom. The molecule has 10 nitrogen and oxygen atoms in total. The number of nitrogens with one attached hydrogen (secondary N) is 2. The minimum absolute atomic E-state index is 0.0499. The summed E-state index contributed by atoms with van der Waals surface area (Å²) in [5.74, 6) is -1.07. The Labute approximate surface area is 283 Å². The molecule has 3 aromatic carbocycles. The molecule has 11 heteroatoms. The van der Waals surface area contributed by atoms with Gasteiger partial charge in [-0.25, -0.2) is 0 Å². The van der Waals surface area contributed by atoms with Crippen molar-refractivity contribution in [3.8, 4) is 0 Å². The SMILES string of the molecule is C[C@H]1[C@H]([Si](C)(C)O)[C@@H](CC(=O)N(CCO)Cc2ccccc2)O[C@]12C(=O)N(Cc1ccccc1)c1ccc(NC(=O)[C@H]3CCCN3)cc12. The minimum atomic E-state index is -3.04. The lowest BCUT2D eigenvalue weighted by molar-refractivity contribution is -0.150. The van der Waals surface area contributed by atoms with Crippen LogP contribution in [0.2, 0.25) is 18.6 Å². The molecule has 254 valence electrons. The van der Waals surface area contributed by atoms with E-state index in [4.69, 9.17) is 4.74 Å². The van der Waals surface area contributed by atoms with E-state index in [1.54, 1.807) is 9.80 Å². The summed E-state index contributed by atoms with van der Waals surface area (Å²) < 4.78 is 6.93. The van der Waals surface area contributed by atoms with Crippen LogP contribution in [-0.4, -0.2) is 72.7 Å². The Bertz CT molecular complexity index is 1630. The third-order valence-electron chi connectivity index (χ3n) is 10.1. The molecular weight excluding hydrogens is 625 g/mol. The number of hydrogen-bond donors (Lipinski definition) is 4. The number of aliphatic hydroxyl groups is 1. The van der Waals surface area contributed by atoms with Crippen LogP contribution in [0.1, 0.15) is 42.9 Å². The third-order valence-corrected chi connectivity index (χ3v) is 12.6. The van der Waals surface area contributed by atoms with Gasteiger partial charge in [0.2, 0.25) is 11.8 Å². The van der Waals surface area contributed by atoms with Gasteiger partial charge < -0.3 is 35.1 Å². The lowest BCUT2D eigenvalue weighted by atomic mass is 9.82. The van der Waals surface area contributed by atoms with Gasteiger partial charge in [0.15, 0.2) is 13.9 Å². The highest BCUT2D eigenvalue weighted by Gasteiger charge is 2.66. The standard InChI is InChI=1S/C37H46N4O6Si/c1-25-34(48(2,3)46)32(22-33(43)40(19-20-42)23-26-11-6-4-7-12-26)47-37(25)29-21-28(39-35(44)30-15-10-18-38-30)16-17-31(29)41(36(37)45)24-27-13-8-5-9-14-27/h4-9,11-14,16-17,21,25,30,32,34,38,42,46H,10,15,18-20,22-24H2,1-3H3,(H,39,44)/t25-,30+,32+,34-,37+/m0/s1. The summed E-state index contributed by atoms with van der Waals surface area (Å²) in [6, 6.07) is 24.6. The zero-order chi connectivity index (χ0) is 34.1. The number of nitrogens with zero attached hydrogens (tertiary/aromatic N) is 2. The summed E-state index contributed by atoms with van der Waals surface area (Å²) in [4.78, 5) is 56.9. The molecule has 0 bridgehead atoms. The Kier molecular flexibility index (Phi) is 9.87. The number of hydrogen-bond acceptors (Lipinski definition) is 7. The first kappa shape index (κ1) is 34.0. The van der Waals surface area contributed by atoms with Crippen molar-refractivity contribution < 1.29 is 29.0 Å². The number of carbonyl (C=O) groups excluding carboxylic acids is 3. The van der Waals surface area contributed by atoms with Crippen molar-refractivity contribution >= 4 is 37.4 Å². The first-order chi connectivity index (χ1) is 23.0. The molecule has 0 aliphatic carbocycles. The van der Waals surface area contributed by atoms with Crippen molar-refractivity contribution in [1.82, 2.24) is 10.2 Å². The van der Waals surface area contributed by atoms with Crippen LogP contribution in [0.15, 0.2) is 78.9 Å². The molecule has 1 spiro atoms. The summed E-state index contributed by atoms with van der Waals surface area (Å²) in [6.45, 7) is 6.99. The number of aliphatic hydroxyl groups excluding tert-OH is 1. The number of carbonyl (C=O) groups is 3. The maximum absolute atomic E-state index is 14.8. The fraction of sp³-hybridized carbons (Fsp3) is 0.432. The average molecular weight is 671 g/mol. The van der Waals surface area contributed by atoms with E-state index < -0.39 is 31.5 Å². The lowest BCUT2D eigenvalue weighted by Gasteiger charge is -2.32. The zero-order valence-corrected chi connectivity index (χ0v) is 28.9. The van der Waals surface area contributed by atoms with E-state index in [1.165, 1.54) is 0 Å². The van der Waals surface area contributed by atoms with Crippen molar-refractivity contribution in [2.24, 2.45) is 5.92 Å². The van der Waals surface area contributed by atoms with Crippen molar-refractivity contribution in [2.75, 3.05) is 29.9 Å². The number of anilines is 2. The summed E-state index contributed by atoms with van der Waals surface area (Å²) in [5.41, 5.74) is 1.83. The number of fused-ring (bicyclic) bond motifs is 2. The van der Waals surface area contributed by atoms with E-state index in [0.29, 0.717) is 30.0 Å². The molecule has 0 aromatic heterocycles. The second-order valence-electron chi connectivity index (χ2n) is 13.8. The van der Waals surface area contributed by atoms with Gasteiger partial charge in [0.25, 0.3) is 5.91 Å². The number of benzene rings is 3. The van der Waals surface area contributed by atoms with E-state index in [1.807, 2.05) is 98.9 Å². The topological polar surface area (TPSA) is 131 Å². The molecule has 5 atom stereocenters. The van der Waals surface area contributed by atoms with Gasteiger partial charge >= 0.3 is 0 Å². The predicted molar refractivity (Wildman–Crippen MR) is 186 cm³/mol. The van der Waals surface area contributed by atoms with Gasteiger partial charge in [0.1, 0.15) is 0 Å². The molecule has 6 rings (SSSR count). The fourth-order valence-corrected chi connectivity index (χ4v) is 10.5. The quantitative estimate of drug-likeness (QED) is 0.226. The highest BCUT2D eigenvalue weighted by atomic mass is 28.4. The van der Waals surface area contributed by atoms with Crippen molar-refractivity contribution in [3.63, 3.8) is 0 Å². The van der Waals surface area contributed by atoms with E-state index in [2.05, 4.69) is 10.6 Å². The minimum Gasteiger partial charge on any atom is -0.432 e. The summed E-state index contributed by atoms with van der Waals surface area (Å²) in [6.07, 6.45) is 0.898. The Morgan fingerprint density at radius 1 is 1.06 bits per heavy atom. The van der Waals surface area contributed by atoms with E-state index in [0.717, 1.165) is 30.5 Å². The Balaban J connectivity index is 1.37. The lowest BCUT2D eigenvalue weighted by Crippen LogP contribution is -2.46. The summed E-state index contributed by atoms with van der Waals surface area (Å²) in [7, 11) is -3.04. The van der Waals surface area contributed by atoms with Gasteiger partial charge in [0.05, 0.1) is 37.4 Å². The van der Waals surface area contributed by atoms with Crippen LogP contribution in [0.5, 0.6) is 0 Å². The van der Waals surface area contributed by atoms with E-state index in [9.17, 15) is 24.3 Å². The maximum Gasteiger partial charge on any atom is 0.264 e. The van der Waals surface area contributed by atoms with Crippen LogP contribution in [-0.2, 0) is 37.8 Å². The van der Waals surface area contributed by atoms with Gasteiger partial charge in [-0.2, -0.15) is 0 Å². The molecular formula is C37H46N4O6Si. The Morgan fingerprint density at radius 2 is 1.75 bits per heavy atom. The first-order valence-corrected chi connectivity index (χ1v) is 19.9. The van der Waals surface area contributed by atoms with Gasteiger partial charge in [-0.3, -0.25) is 14.4 Å². The van der Waals surface area contributed by atoms with Crippen LogP contribution in [0.3, 0.4) is 0 Å². The second kappa shape index (κ2) is 13.9. The molecule has 3 aliphatic heterocycles. The van der Waals surface area contributed by atoms with Gasteiger partial charge in [-0.05, 0) is 61.8 Å². The smallest absolute Gasteiger partial charge is 0.264 e. The van der Waals surface area contributed by atoms with Crippen LogP contribution >= 0.6 is 0 Å². The second-order valence-corrected chi connectivity index (χ2v) is 17.8. The number of rotatable bonds is 11. The predicted octanol–water partition coefficient (Wildman–Crippen LogP) is 4.13. The van der Waals surface area contributed by atoms with Gasteiger partial charge in [-0.15, -0.1) is 0 Å². The van der Waals surface area contributed by atoms with Crippen molar-refractivity contribution in [3.05, 3.63) is 95.6 Å².